The molecule has 0 fully saturated rings. The molecular weight excluding hydrogens is 325 g/mol. The molecule has 3 rings (SSSR count). The third kappa shape index (κ3) is 2.73. The number of hydrogen-bond acceptors (Lipinski definition) is 3. The monoisotopic (exact) mass is 339 g/mol. The molecule has 1 aliphatic rings. The lowest BCUT2D eigenvalue weighted by Gasteiger charge is -2.26. The summed E-state index contributed by atoms with van der Waals surface area (Å²) in [6.07, 6.45) is 0.754. The van der Waals surface area contributed by atoms with E-state index in [0.717, 1.165) is 22.6 Å². The molecule has 22 heavy (non-hydrogen) atoms. The Bertz CT molecular complexity index is 747. The molecule has 2 aromatic rings. The molecule has 1 aliphatic heterocycles. The average Bonchev–Trinajstić information content (AvgIpc) is 2.72. The molecule has 1 aromatic carbocycles. The minimum atomic E-state index is -0.295. The molecule has 7 heteroatoms. The van der Waals surface area contributed by atoms with E-state index in [-0.39, 0.29) is 17.8 Å². The largest absolute Gasteiger partial charge is 0.345 e. The number of amides is 1. The van der Waals surface area contributed by atoms with Gasteiger partial charge < -0.3 is 5.32 Å². The van der Waals surface area contributed by atoms with Crippen molar-refractivity contribution >= 4 is 29.3 Å². The third-order valence-corrected chi connectivity index (χ3v) is 5.25. The maximum atomic E-state index is 13.5. The van der Waals surface area contributed by atoms with Crippen LogP contribution >= 0.6 is 23.4 Å². The molecule has 1 aromatic heterocycles. The van der Waals surface area contributed by atoms with Crippen LogP contribution in [0.15, 0.2) is 23.1 Å². The Morgan fingerprint density at radius 3 is 3.00 bits per heavy atom. The van der Waals surface area contributed by atoms with Gasteiger partial charge in [0.25, 0.3) is 5.91 Å². The van der Waals surface area contributed by atoms with Crippen LogP contribution in [0.3, 0.4) is 0 Å². The van der Waals surface area contributed by atoms with Gasteiger partial charge >= 0.3 is 0 Å². The van der Waals surface area contributed by atoms with Gasteiger partial charge in [0.2, 0.25) is 0 Å². The van der Waals surface area contributed by atoms with Gasteiger partial charge in [-0.25, -0.2) is 4.39 Å². The number of aryl methyl sites for hydroxylation is 2. The first-order chi connectivity index (χ1) is 10.5. The summed E-state index contributed by atoms with van der Waals surface area (Å²) < 4.78 is 15.0. The number of nitrogens with one attached hydrogen (secondary N) is 1. The van der Waals surface area contributed by atoms with Crippen molar-refractivity contribution in [3.05, 3.63) is 46.0 Å². The van der Waals surface area contributed by atoms with E-state index < -0.39 is 0 Å². The Morgan fingerprint density at radius 2 is 2.32 bits per heavy atom. The maximum Gasteiger partial charge on any atom is 0.256 e. The van der Waals surface area contributed by atoms with Crippen molar-refractivity contribution in [3.63, 3.8) is 0 Å². The standard InChI is InChI=1S/C15H15ClFN3OS/c1-8-13(14(16)20(2)19-8)15(21)18-11-5-6-22-12-4-3-9(17)7-10(11)12/h3-4,7,11H,5-6H2,1-2H3,(H,18,21)/t11-/m0/s1. The van der Waals surface area contributed by atoms with E-state index in [0.29, 0.717) is 16.4 Å². The molecular formula is C15H15ClFN3OS. The predicted molar refractivity (Wildman–Crippen MR) is 84.9 cm³/mol. The quantitative estimate of drug-likeness (QED) is 0.911. The van der Waals surface area contributed by atoms with Gasteiger partial charge in [-0.2, -0.15) is 5.10 Å². The first-order valence-electron chi connectivity index (χ1n) is 6.89. The van der Waals surface area contributed by atoms with E-state index in [2.05, 4.69) is 10.4 Å². The van der Waals surface area contributed by atoms with Crippen molar-refractivity contribution in [1.82, 2.24) is 15.1 Å². The second-order valence-corrected chi connectivity index (χ2v) is 6.71. The highest BCUT2D eigenvalue weighted by Gasteiger charge is 2.26. The van der Waals surface area contributed by atoms with Crippen molar-refractivity contribution in [3.8, 4) is 0 Å². The van der Waals surface area contributed by atoms with Gasteiger partial charge in [0.1, 0.15) is 11.0 Å². The lowest BCUT2D eigenvalue weighted by atomic mass is 10.0. The molecule has 0 saturated carbocycles. The van der Waals surface area contributed by atoms with Gasteiger partial charge in [-0.15, -0.1) is 11.8 Å². The number of aromatic nitrogens is 2. The third-order valence-electron chi connectivity index (χ3n) is 3.70. The topological polar surface area (TPSA) is 46.9 Å². The molecule has 0 radical (unpaired) electrons. The number of thioether (sulfide) groups is 1. The highest BCUT2D eigenvalue weighted by molar-refractivity contribution is 7.99. The van der Waals surface area contributed by atoms with Gasteiger partial charge in [-0.1, -0.05) is 11.6 Å². The van der Waals surface area contributed by atoms with E-state index in [1.807, 2.05) is 0 Å². The molecule has 0 bridgehead atoms. The van der Waals surface area contributed by atoms with Crippen LogP contribution in [-0.2, 0) is 7.05 Å². The maximum absolute atomic E-state index is 13.5. The van der Waals surface area contributed by atoms with Gasteiger partial charge in [-0.3, -0.25) is 9.48 Å². The molecule has 1 N–H and O–H groups in total. The Kier molecular flexibility index (Phi) is 4.14. The molecule has 2 heterocycles. The second kappa shape index (κ2) is 5.93. The van der Waals surface area contributed by atoms with Crippen LogP contribution in [0, 0.1) is 12.7 Å². The smallest absolute Gasteiger partial charge is 0.256 e. The van der Waals surface area contributed by atoms with Crippen molar-refractivity contribution in [2.45, 2.75) is 24.3 Å². The van der Waals surface area contributed by atoms with Crippen molar-refractivity contribution < 1.29 is 9.18 Å². The highest BCUT2D eigenvalue weighted by atomic mass is 35.5. The fraction of sp³-hybridized carbons (Fsp3) is 0.333. The number of hydrogen-bond donors (Lipinski definition) is 1. The van der Waals surface area contributed by atoms with Gasteiger partial charge in [0, 0.05) is 17.7 Å². The summed E-state index contributed by atoms with van der Waals surface area (Å²) in [6, 6.07) is 4.48. The van der Waals surface area contributed by atoms with Crippen LogP contribution in [0.1, 0.15) is 34.1 Å². The van der Waals surface area contributed by atoms with E-state index in [1.54, 1.807) is 31.8 Å². The zero-order valence-electron chi connectivity index (χ0n) is 12.2. The molecule has 1 amide bonds. The molecule has 0 aliphatic carbocycles. The Hall–Kier alpha value is -1.53. The zero-order chi connectivity index (χ0) is 15.9. The molecule has 116 valence electrons. The van der Waals surface area contributed by atoms with E-state index in [9.17, 15) is 9.18 Å². The zero-order valence-corrected chi connectivity index (χ0v) is 13.8. The Labute approximate surface area is 137 Å². The lowest BCUT2D eigenvalue weighted by molar-refractivity contribution is 0.0934. The normalized spacial score (nSPS) is 17.2. The molecule has 4 nitrogen and oxygen atoms in total. The number of nitrogens with zero attached hydrogens (tertiary/aromatic N) is 2. The fourth-order valence-corrected chi connectivity index (χ4v) is 4.00. The van der Waals surface area contributed by atoms with Gasteiger partial charge in [0.05, 0.1) is 17.3 Å². The van der Waals surface area contributed by atoms with Gasteiger partial charge in [0.15, 0.2) is 0 Å². The summed E-state index contributed by atoms with van der Waals surface area (Å²) in [5.74, 6) is 0.308. The minimum absolute atomic E-state index is 0.213. The van der Waals surface area contributed by atoms with Crippen LogP contribution in [0.4, 0.5) is 4.39 Å². The highest BCUT2D eigenvalue weighted by Crippen LogP contribution is 2.36. The van der Waals surface area contributed by atoms with Crippen molar-refractivity contribution in [1.29, 1.82) is 0 Å². The lowest BCUT2D eigenvalue weighted by Crippen LogP contribution is -2.31. The molecule has 0 unspecified atom stereocenters. The summed E-state index contributed by atoms with van der Waals surface area (Å²) in [6.45, 7) is 1.74. The number of fused-ring (bicyclic) bond motifs is 1. The SMILES string of the molecule is Cc1nn(C)c(Cl)c1C(=O)N[C@H]1CCSc2ccc(F)cc21. The summed E-state index contributed by atoms with van der Waals surface area (Å²) >= 11 is 7.80. The van der Waals surface area contributed by atoms with Crippen LogP contribution < -0.4 is 5.32 Å². The Balaban J connectivity index is 1.88. The molecule has 0 saturated heterocycles. The molecule has 1 atom stereocenters. The van der Waals surface area contributed by atoms with Crippen LogP contribution in [0.2, 0.25) is 5.15 Å². The second-order valence-electron chi connectivity index (χ2n) is 5.22. The number of halogens is 2. The van der Waals surface area contributed by atoms with Crippen LogP contribution in [-0.4, -0.2) is 21.4 Å². The average molecular weight is 340 g/mol. The van der Waals surface area contributed by atoms with Gasteiger partial charge in [-0.05, 0) is 37.1 Å². The number of benzene rings is 1. The van der Waals surface area contributed by atoms with Crippen LogP contribution in [0.5, 0.6) is 0 Å². The van der Waals surface area contributed by atoms with Crippen molar-refractivity contribution in [2.75, 3.05) is 5.75 Å². The molecule has 0 spiro atoms. The summed E-state index contributed by atoms with van der Waals surface area (Å²) in [5, 5.41) is 7.41. The Morgan fingerprint density at radius 1 is 1.55 bits per heavy atom. The predicted octanol–water partition coefficient (Wildman–Crippen LogP) is 3.49. The van der Waals surface area contributed by atoms with E-state index in [1.165, 1.54) is 16.8 Å². The fourth-order valence-electron chi connectivity index (χ4n) is 2.63. The summed E-state index contributed by atoms with van der Waals surface area (Å²) in [5.41, 5.74) is 1.78. The van der Waals surface area contributed by atoms with Crippen molar-refractivity contribution in [2.24, 2.45) is 7.05 Å². The summed E-state index contributed by atoms with van der Waals surface area (Å²) in [7, 11) is 1.69. The first kappa shape index (κ1) is 15.4. The first-order valence-corrected chi connectivity index (χ1v) is 8.26. The number of carbonyl (C=O) groups excluding carboxylic acids is 1. The number of rotatable bonds is 2. The summed E-state index contributed by atoms with van der Waals surface area (Å²) in [4.78, 5) is 13.5. The minimum Gasteiger partial charge on any atom is -0.345 e. The van der Waals surface area contributed by atoms with E-state index in [4.69, 9.17) is 11.6 Å². The van der Waals surface area contributed by atoms with E-state index >= 15 is 0 Å². The van der Waals surface area contributed by atoms with Crippen LogP contribution in [0.25, 0.3) is 0 Å². The number of carbonyl (C=O) groups is 1.